The van der Waals surface area contributed by atoms with Crippen LogP contribution in [0.15, 0.2) is 0 Å². The van der Waals surface area contributed by atoms with E-state index in [9.17, 15) is 0 Å². The minimum Gasteiger partial charge on any atom is -0.855 e. The van der Waals surface area contributed by atoms with E-state index in [4.69, 9.17) is 10.2 Å². The van der Waals surface area contributed by atoms with Gasteiger partial charge in [-0.3, -0.25) is 0 Å². The van der Waals surface area contributed by atoms with Crippen LogP contribution >= 0.6 is 0 Å². The molecule has 0 saturated carbocycles. The number of hydrogen-bond acceptors (Lipinski definition) is 2. The van der Waals surface area contributed by atoms with Gasteiger partial charge in [-0.2, -0.15) is 0 Å². The fourth-order valence-electron chi connectivity index (χ4n) is 0. The number of quaternary nitrogens is 2. The highest BCUT2D eigenvalue weighted by Gasteiger charge is 1.72. The Kier molecular flexibility index (Phi) is 49.3. The fraction of sp³-hybridized carbons (Fsp3) is 1.00. The predicted octanol–water partition coefficient (Wildman–Crippen LogP) is -1.99. The highest BCUT2D eigenvalue weighted by atomic mass is 16.3. The molecule has 4 nitrogen and oxygen atoms in total. The lowest BCUT2D eigenvalue weighted by atomic mass is 10.4. The Morgan fingerprint density at radius 3 is 0.786 bits per heavy atom. The third kappa shape index (κ3) is 54300. The maximum atomic E-state index is 8.93. The summed E-state index contributed by atoms with van der Waals surface area (Å²) in [6, 6.07) is 1.17. The lowest BCUT2D eigenvalue weighted by Crippen LogP contribution is -2.57. The molecule has 6 N–H and O–H groups in total. The molecule has 0 aromatic rings. The Hall–Kier alpha value is -0.160. The van der Waals surface area contributed by atoms with Gasteiger partial charge in [0.2, 0.25) is 0 Å². The van der Waals surface area contributed by atoms with Crippen molar-refractivity contribution in [1.82, 2.24) is 0 Å². The van der Waals surface area contributed by atoms with Gasteiger partial charge in [0, 0.05) is 0 Å². The monoisotopic (exact) mass is 210 g/mol. The summed E-state index contributed by atoms with van der Waals surface area (Å²) in [4.78, 5) is 0. The summed E-state index contributed by atoms with van der Waals surface area (Å²) < 4.78 is 0. The van der Waals surface area contributed by atoms with Crippen molar-refractivity contribution in [3.8, 4) is 0 Å². The molecule has 92 valence electrons. The predicted molar refractivity (Wildman–Crippen MR) is 57.1 cm³/mol. The lowest BCUT2D eigenvalue weighted by molar-refractivity contribution is -0.408. The van der Waals surface area contributed by atoms with Gasteiger partial charge in [0.1, 0.15) is 0 Å². The van der Waals surface area contributed by atoms with Crippen molar-refractivity contribution in [2.45, 2.75) is 53.6 Å². The van der Waals surface area contributed by atoms with Crippen LogP contribution < -0.4 is 21.7 Å². The molecule has 14 heavy (non-hydrogen) atoms. The molecule has 4 heteroatoms. The number of rotatable bonds is 0. The van der Waals surface area contributed by atoms with Crippen LogP contribution in [0.1, 0.15) is 41.5 Å². The van der Waals surface area contributed by atoms with Gasteiger partial charge >= 0.3 is 0 Å². The van der Waals surface area contributed by atoms with E-state index in [0.717, 1.165) is 0 Å². The van der Waals surface area contributed by atoms with Crippen LogP contribution in [-0.4, -0.2) is 25.3 Å². The van der Waals surface area contributed by atoms with Crippen molar-refractivity contribution in [3.05, 3.63) is 0 Å². The summed E-state index contributed by atoms with van der Waals surface area (Å²) in [6.07, 6.45) is 0. The number of hydrogen-bond donors (Lipinski definition) is 2. The van der Waals surface area contributed by atoms with E-state index in [-0.39, 0.29) is 13.2 Å². The smallest absolute Gasteiger partial charge is 0.0786 e. The summed E-state index contributed by atoms with van der Waals surface area (Å²) in [5.41, 5.74) is 7.28. The standard InChI is InChI=1S/2C3H9N.2C2H5O/c2*1-3(2)4;2*1-2-3/h2*3H,4H2,1-2H3;2*2H2,1H3/q;;2*-1/p+2. The van der Waals surface area contributed by atoms with Crippen molar-refractivity contribution in [3.63, 3.8) is 0 Å². The van der Waals surface area contributed by atoms with Gasteiger partial charge in [-0.15, -0.1) is 13.2 Å². The molecule has 0 saturated heterocycles. The van der Waals surface area contributed by atoms with Gasteiger partial charge in [-0.1, -0.05) is 13.8 Å². The summed E-state index contributed by atoms with van der Waals surface area (Å²) in [5.74, 6) is 0. The molecule has 0 atom stereocenters. The van der Waals surface area contributed by atoms with E-state index in [0.29, 0.717) is 12.1 Å². The highest BCUT2D eigenvalue weighted by Crippen LogP contribution is 1.53. The van der Waals surface area contributed by atoms with E-state index in [1.54, 1.807) is 13.8 Å². The van der Waals surface area contributed by atoms with Crippen LogP contribution in [0.3, 0.4) is 0 Å². The van der Waals surface area contributed by atoms with E-state index >= 15 is 0 Å². The van der Waals surface area contributed by atoms with Crippen LogP contribution in [0.4, 0.5) is 0 Å². The Morgan fingerprint density at radius 2 is 0.786 bits per heavy atom. The van der Waals surface area contributed by atoms with Gasteiger partial charge < -0.3 is 21.7 Å². The third-order valence-corrected chi connectivity index (χ3v) is 0. The van der Waals surface area contributed by atoms with Gasteiger partial charge in [-0.25, -0.2) is 0 Å². The lowest BCUT2D eigenvalue weighted by Gasteiger charge is -1.79. The Balaban J connectivity index is -0.0000000482. The minimum absolute atomic E-state index is 0. The van der Waals surface area contributed by atoms with Crippen LogP contribution in [0.2, 0.25) is 0 Å². The minimum atomic E-state index is 0. The molecule has 0 aliphatic carbocycles. The molecule has 0 aliphatic rings. The topological polar surface area (TPSA) is 101 Å². The summed E-state index contributed by atoms with van der Waals surface area (Å²) in [5, 5.41) is 17.9. The molecular weight excluding hydrogens is 180 g/mol. The van der Waals surface area contributed by atoms with Crippen molar-refractivity contribution in [1.29, 1.82) is 0 Å². The molecular formula is C10H30N2O2. The van der Waals surface area contributed by atoms with Crippen LogP contribution in [0.25, 0.3) is 0 Å². The first-order valence-electron chi connectivity index (χ1n) is 5.12. The van der Waals surface area contributed by atoms with Crippen LogP contribution in [0, 0.1) is 0 Å². The molecule has 0 rings (SSSR count). The maximum Gasteiger partial charge on any atom is 0.0786 e. The van der Waals surface area contributed by atoms with E-state index in [2.05, 4.69) is 39.2 Å². The molecule has 0 unspecified atom stereocenters. The van der Waals surface area contributed by atoms with E-state index in [1.807, 2.05) is 0 Å². The molecule has 0 fully saturated rings. The first-order chi connectivity index (χ1) is 6.29. The zero-order chi connectivity index (χ0) is 12.6. The van der Waals surface area contributed by atoms with Gasteiger partial charge in [0.05, 0.1) is 12.1 Å². The first-order valence-corrected chi connectivity index (χ1v) is 5.12. The average Bonchev–Trinajstić information content (AvgIpc) is 1.85. The molecule has 0 bridgehead atoms. The molecule has 0 radical (unpaired) electrons. The second kappa shape index (κ2) is 29.3. The summed E-state index contributed by atoms with van der Waals surface area (Å²) >= 11 is 0. The third-order valence-electron chi connectivity index (χ3n) is 0. The molecule has 0 aromatic carbocycles. The largest absolute Gasteiger partial charge is 0.855 e. The average molecular weight is 210 g/mol. The Bertz CT molecular complexity index is 46.6. The van der Waals surface area contributed by atoms with Crippen molar-refractivity contribution >= 4 is 0 Å². The molecule has 0 aromatic heterocycles. The molecule has 0 spiro atoms. The van der Waals surface area contributed by atoms with Gasteiger partial charge in [0.25, 0.3) is 0 Å². The van der Waals surface area contributed by atoms with Crippen molar-refractivity contribution < 1.29 is 21.7 Å². The fourth-order valence-corrected chi connectivity index (χ4v) is 0. The van der Waals surface area contributed by atoms with Crippen molar-refractivity contribution in [2.24, 2.45) is 0 Å². The van der Waals surface area contributed by atoms with Crippen molar-refractivity contribution in [2.75, 3.05) is 13.2 Å². The highest BCUT2D eigenvalue weighted by molar-refractivity contribution is 4.17. The normalized spacial score (nSPS) is 7.71. The van der Waals surface area contributed by atoms with Gasteiger partial charge in [-0.05, 0) is 27.7 Å². The summed E-state index contributed by atoms with van der Waals surface area (Å²) in [6.45, 7) is 11.4. The van der Waals surface area contributed by atoms with Crippen LogP contribution in [0.5, 0.6) is 0 Å². The maximum absolute atomic E-state index is 8.93. The van der Waals surface area contributed by atoms with Gasteiger partial charge in [0.15, 0.2) is 0 Å². The quantitative estimate of drug-likeness (QED) is 0.483. The van der Waals surface area contributed by atoms with E-state index in [1.165, 1.54) is 0 Å². The Labute approximate surface area is 89.3 Å². The second-order valence-electron chi connectivity index (χ2n) is 3.37. The zero-order valence-electron chi connectivity index (χ0n) is 10.8. The molecule has 0 amide bonds. The second-order valence-corrected chi connectivity index (χ2v) is 3.37. The first kappa shape index (κ1) is 23.6. The Morgan fingerprint density at radius 1 is 0.786 bits per heavy atom. The molecule has 0 heterocycles. The summed E-state index contributed by atoms with van der Waals surface area (Å²) in [7, 11) is 0. The molecule has 0 aliphatic heterocycles. The zero-order valence-corrected chi connectivity index (χ0v) is 10.8. The SMILES string of the molecule is CC(C)[NH3+].CC(C)[NH3+].CC[O-].CC[O-]. The van der Waals surface area contributed by atoms with Crippen LogP contribution in [-0.2, 0) is 0 Å². The van der Waals surface area contributed by atoms with E-state index < -0.39 is 0 Å².